The molecule has 1 N–H and O–H groups in total. The van der Waals surface area contributed by atoms with Crippen molar-refractivity contribution in [2.24, 2.45) is 7.05 Å². The highest BCUT2D eigenvalue weighted by Gasteiger charge is 2.14. The molecule has 15 heavy (non-hydrogen) atoms. The Hall–Kier alpha value is -1.32. The molecule has 0 bridgehead atoms. The number of carboxylic acid groups (broad SMARTS) is 1. The Morgan fingerprint density at radius 1 is 1.53 bits per heavy atom. The molecule has 0 fully saturated rings. The third-order valence-corrected chi connectivity index (χ3v) is 2.53. The van der Waals surface area contributed by atoms with Crippen molar-refractivity contribution in [2.45, 2.75) is 39.5 Å². The lowest BCUT2D eigenvalue weighted by Gasteiger charge is -2.08. The van der Waals surface area contributed by atoms with Crippen LogP contribution < -0.4 is 0 Å². The SMILES string of the molecule is Cc1nc(CCC(=O)O)n(C)c1C(C)C. The first-order valence-electron chi connectivity index (χ1n) is 5.17. The van der Waals surface area contributed by atoms with Gasteiger partial charge in [0.25, 0.3) is 0 Å². The second-order valence-corrected chi connectivity index (χ2v) is 4.11. The third-order valence-electron chi connectivity index (χ3n) is 2.53. The number of carbonyl (C=O) groups is 1. The van der Waals surface area contributed by atoms with E-state index >= 15 is 0 Å². The topological polar surface area (TPSA) is 55.1 Å². The van der Waals surface area contributed by atoms with Crippen LogP contribution in [-0.4, -0.2) is 20.6 Å². The number of imidazole rings is 1. The van der Waals surface area contributed by atoms with Crippen LogP contribution in [0.3, 0.4) is 0 Å². The summed E-state index contributed by atoms with van der Waals surface area (Å²) in [6.07, 6.45) is 0.640. The van der Waals surface area contributed by atoms with Crippen LogP contribution in [0.2, 0.25) is 0 Å². The number of hydrogen-bond acceptors (Lipinski definition) is 2. The average Bonchev–Trinajstić information content (AvgIpc) is 2.37. The fraction of sp³-hybridized carbons (Fsp3) is 0.636. The normalized spacial score (nSPS) is 11.0. The number of carboxylic acids is 1. The molecule has 4 nitrogen and oxygen atoms in total. The van der Waals surface area contributed by atoms with Crippen molar-refractivity contribution in [3.05, 3.63) is 17.2 Å². The maximum Gasteiger partial charge on any atom is 0.303 e. The van der Waals surface area contributed by atoms with E-state index in [1.165, 1.54) is 5.69 Å². The van der Waals surface area contributed by atoms with Gasteiger partial charge in [-0.15, -0.1) is 0 Å². The molecule has 1 rings (SSSR count). The second kappa shape index (κ2) is 4.47. The van der Waals surface area contributed by atoms with Gasteiger partial charge in [-0.1, -0.05) is 13.8 Å². The summed E-state index contributed by atoms with van der Waals surface area (Å²) in [6, 6.07) is 0. The van der Waals surface area contributed by atoms with Gasteiger partial charge in [-0.25, -0.2) is 4.98 Å². The number of nitrogens with zero attached hydrogens (tertiary/aromatic N) is 2. The molecule has 1 aromatic heterocycles. The molecular weight excluding hydrogens is 192 g/mol. The highest BCUT2D eigenvalue weighted by atomic mass is 16.4. The van der Waals surface area contributed by atoms with E-state index in [0.717, 1.165) is 11.5 Å². The largest absolute Gasteiger partial charge is 0.481 e. The van der Waals surface area contributed by atoms with E-state index in [4.69, 9.17) is 5.11 Å². The van der Waals surface area contributed by atoms with Crippen molar-refractivity contribution in [1.29, 1.82) is 0 Å². The van der Waals surface area contributed by atoms with Gasteiger partial charge in [0.15, 0.2) is 0 Å². The van der Waals surface area contributed by atoms with Crippen molar-refractivity contribution in [3.63, 3.8) is 0 Å². The highest BCUT2D eigenvalue weighted by Crippen LogP contribution is 2.19. The van der Waals surface area contributed by atoms with Crippen LogP contribution in [0, 0.1) is 6.92 Å². The van der Waals surface area contributed by atoms with E-state index in [0.29, 0.717) is 12.3 Å². The zero-order chi connectivity index (χ0) is 11.6. The van der Waals surface area contributed by atoms with E-state index in [1.807, 2.05) is 18.5 Å². The summed E-state index contributed by atoms with van der Waals surface area (Å²) in [7, 11) is 1.95. The molecular formula is C11H18N2O2. The molecule has 1 aromatic rings. The first-order chi connectivity index (χ1) is 6.93. The van der Waals surface area contributed by atoms with Crippen LogP contribution in [0.15, 0.2) is 0 Å². The van der Waals surface area contributed by atoms with E-state index < -0.39 is 5.97 Å². The van der Waals surface area contributed by atoms with Gasteiger partial charge < -0.3 is 9.67 Å². The van der Waals surface area contributed by atoms with E-state index in [-0.39, 0.29) is 6.42 Å². The lowest BCUT2D eigenvalue weighted by molar-refractivity contribution is -0.137. The van der Waals surface area contributed by atoms with Gasteiger partial charge in [0.2, 0.25) is 0 Å². The van der Waals surface area contributed by atoms with Crippen molar-refractivity contribution in [2.75, 3.05) is 0 Å². The lowest BCUT2D eigenvalue weighted by Crippen LogP contribution is -2.06. The van der Waals surface area contributed by atoms with E-state index in [9.17, 15) is 4.79 Å². The zero-order valence-electron chi connectivity index (χ0n) is 9.74. The van der Waals surface area contributed by atoms with Gasteiger partial charge in [-0.2, -0.15) is 0 Å². The number of hydrogen-bond donors (Lipinski definition) is 1. The zero-order valence-corrected chi connectivity index (χ0v) is 9.74. The van der Waals surface area contributed by atoms with Gasteiger partial charge in [-0.05, 0) is 12.8 Å². The van der Waals surface area contributed by atoms with Crippen molar-refractivity contribution >= 4 is 5.97 Å². The predicted octanol–water partition coefficient (Wildman–Crippen LogP) is 1.87. The van der Waals surface area contributed by atoms with Crippen LogP contribution in [0.4, 0.5) is 0 Å². The second-order valence-electron chi connectivity index (χ2n) is 4.11. The summed E-state index contributed by atoms with van der Waals surface area (Å²) < 4.78 is 2.02. The van der Waals surface area contributed by atoms with Gasteiger partial charge in [0.05, 0.1) is 12.1 Å². The average molecular weight is 210 g/mol. The van der Waals surface area contributed by atoms with Crippen molar-refractivity contribution < 1.29 is 9.90 Å². The molecule has 0 aliphatic heterocycles. The predicted molar refractivity (Wildman–Crippen MR) is 58.0 cm³/mol. The number of aliphatic carboxylic acids is 1. The first-order valence-corrected chi connectivity index (χ1v) is 5.17. The van der Waals surface area contributed by atoms with Crippen LogP contribution in [0.25, 0.3) is 0 Å². The Balaban J connectivity index is 2.91. The lowest BCUT2D eigenvalue weighted by atomic mass is 10.1. The molecule has 0 radical (unpaired) electrons. The Bertz CT molecular complexity index is 367. The van der Waals surface area contributed by atoms with Gasteiger partial charge in [0.1, 0.15) is 5.82 Å². The minimum atomic E-state index is -0.776. The van der Waals surface area contributed by atoms with Gasteiger partial charge in [-0.3, -0.25) is 4.79 Å². The minimum Gasteiger partial charge on any atom is -0.481 e. The number of rotatable bonds is 4. The fourth-order valence-corrected chi connectivity index (χ4v) is 1.96. The first kappa shape index (κ1) is 11.8. The summed E-state index contributed by atoms with van der Waals surface area (Å²) in [6.45, 7) is 6.20. The Labute approximate surface area is 89.9 Å². The van der Waals surface area contributed by atoms with Crippen LogP contribution >= 0.6 is 0 Å². The van der Waals surface area contributed by atoms with Crippen molar-refractivity contribution in [1.82, 2.24) is 9.55 Å². The molecule has 84 valence electrons. The number of aromatic nitrogens is 2. The van der Waals surface area contributed by atoms with E-state index in [2.05, 4.69) is 18.8 Å². The summed E-state index contributed by atoms with van der Waals surface area (Å²) in [4.78, 5) is 14.9. The number of aryl methyl sites for hydroxylation is 2. The highest BCUT2D eigenvalue weighted by molar-refractivity contribution is 5.66. The fourth-order valence-electron chi connectivity index (χ4n) is 1.96. The third kappa shape index (κ3) is 2.58. The summed E-state index contributed by atoms with van der Waals surface area (Å²) >= 11 is 0. The van der Waals surface area contributed by atoms with Crippen molar-refractivity contribution in [3.8, 4) is 0 Å². The molecule has 0 saturated heterocycles. The molecule has 0 saturated carbocycles. The van der Waals surface area contributed by atoms with Crippen LogP contribution in [-0.2, 0) is 18.3 Å². The Morgan fingerprint density at radius 2 is 2.13 bits per heavy atom. The molecule has 0 aromatic carbocycles. The summed E-state index contributed by atoms with van der Waals surface area (Å²) in [5.41, 5.74) is 2.20. The minimum absolute atomic E-state index is 0.141. The maximum absolute atomic E-state index is 10.5. The summed E-state index contributed by atoms with van der Waals surface area (Å²) in [5.74, 6) is 0.501. The van der Waals surface area contributed by atoms with Gasteiger partial charge >= 0.3 is 5.97 Å². The molecule has 0 atom stereocenters. The van der Waals surface area contributed by atoms with Crippen LogP contribution in [0.5, 0.6) is 0 Å². The molecule has 0 amide bonds. The Kier molecular flexibility index (Phi) is 3.50. The smallest absolute Gasteiger partial charge is 0.303 e. The monoisotopic (exact) mass is 210 g/mol. The van der Waals surface area contributed by atoms with Gasteiger partial charge in [0, 0.05) is 19.2 Å². The molecule has 0 aliphatic carbocycles. The van der Waals surface area contributed by atoms with Crippen LogP contribution in [0.1, 0.15) is 43.4 Å². The molecule has 4 heteroatoms. The molecule has 0 aliphatic rings. The quantitative estimate of drug-likeness (QED) is 0.825. The molecule has 0 spiro atoms. The molecule has 1 heterocycles. The van der Waals surface area contributed by atoms with E-state index in [1.54, 1.807) is 0 Å². The maximum atomic E-state index is 10.5. The summed E-state index contributed by atoms with van der Waals surface area (Å²) in [5, 5.41) is 8.61. The molecule has 0 unspecified atom stereocenters. The Morgan fingerprint density at radius 3 is 2.53 bits per heavy atom. The standard InChI is InChI=1S/C11H18N2O2/c1-7(2)11-8(3)12-9(13(11)4)5-6-10(14)15/h7H,5-6H2,1-4H3,(H,14,15).